The van der Waals surface area contributed by atoms with Crippen LogP contribution in [0.1, 0.15) is 13.3 Å². The summed E-state index contributed by atoms with van der Waals surface area (Å²) in [5, 5.41) is 2.12. The van der Waals surface area contributed by atoms with E-state index in [9.17, 15) is 9.59 Å². The molecule has 0 aliphatic heterocycles. The van der Waals surface area contributed by atoms with Crippen molar-refractivity contribution in [3.8, 4) is 0 Å². The van der Waals surface area contributed by atoms with Crippen molar-refractivity contribution in [2.75, 3.05) is 33.3 Å². The van der Waals surface area contributed by atoms with E-state index in [1.54, 1.807) is 18.9 Å². The maximum absolute atomic E-state index is 11.2. The van der Waals surface area contributed by atoms with Gasteiger partial charge >= 0.3 is 6.09 Å². The molecule has 0 aliphatic carbocycles. The molecule has 0 heterocycles. The van der Waals surface area contributed by atoms with Gasteiger partial charge in [0.2, 0.25) is 5.91 Å². The molecular weight excluding hydrogens is 198 g/mol. The number of hydrogen-bond acceptors (Lipinski definition) is 5. The zero-order valence-corrected chi connectivity index (χ0v) is 9.28. The van der Waals surface area contributed by atoms with Gasteiger partial charge in [-0.3, -0.25) is 15.0 Å². The van der Waals surface area contributed by atoms with E-state index in [4.69, 9.17) is 5.73 Å². The predicted molar refractivity (Wildman–Crippen MR) is 56.3 cm³/mol. The summed E-state index contributed by atoms with van der Waals surface area (Å²) in [6, 6.07) is 0. The summed E-state index contributed by atoms with van der Waals surface area (Å²) in [4.78, 5) is 23.9. The Hall–Kier alpha value is -1.14. The van der Waals surface area contributed by atoms with Crippen LogP contribution in [0, 0.1) is 0 Å². The molecule has 0 spiro atoms. The van der Waals surface area contributed by atoms with Gasteiger partial charge in [-0.15, -0.1) is 0 Å². The fourth-order valence-electron chi connectivity index (χ4n) is 1.01. The number of alkyl carbamates (subject to hydrolysis) is 1. The van der Waals surface area contributed by atoms with Crippen LogP contribution in [-0.2, 0) is 9.53 Å². The van der Waals surface area contributed by atoms with Crippen LogP contribution in [0.5, 0.6) is 0 Å². The molecule has 0 saturated carbocycles. The van der Waals surface area contributed by atoms with Gasteiger partial charge in [0.15, 0.2) is 0 Å². The van der Waals surface area contributed by atoms with Crippen molar-refractivity contribution in [3.63, 3.8) is 0 Å². The maximum Gasteiger partial charge on any atom is 0.413 e. The number of likely N-dealkylation sites (N-methyl/N-ethyl adjacent to an activating group) is 1. The lowest BCUT2D eigenvalue weighted by atomic mass is 10.4. The normalized spacial score (nSPS) is 10.1. The monoisotopic (exact) mass is 217 g/mol. The lowest BCUT2D eigenvalue weighted by Gasteiger charge is -2.14. The second-order valence-corrected chi connectivity index (χ2v) is 3.15. The van der Waals surface area contributed by atoms with E-state index >= 15 is 0 Å². The van der Waals surface area contributed by atoms with E-state index in [0.717, 1.165) is 13.0 Å². The van der Waals surface area contributed by atoms with Crippen molar-refractivity contribution in [1.29, 1.82) is 0 Å². The van der Waals surface area contributed by atoms with E-state index in [1.807, 2.05) is 0 Å². The minimum absolute atomic E-state index is 0.165. The number of hydrogen-bond donors (Lipinski definition) is 2. The molecule has 0 radical (unpaired) electrons. The number of nitrogens with zero attached hydrogens (tertiary/aromatic N) is 1. The largest absolute Gasteiger partial charge is 0.450 e. The molecular formula is C9H19N3O3. The summed E-state index contributed by atoms with van der Waals surface area (Å²) in [6.45, 7) is 3.41. The SMILES string of the molecule is CCOC(=O)NC(=O)CN(C)CCCN. The molecule has 15 heavy (non-hydrogen) atoms. The Morgan fingerprint density at radius 2 is 2.13 bits per heavy atom. The summed E-state index contributed by atoms with van der Waals surface area (Å²) in [5.74, 6) is -0.368. The smallest absolute Gasteiger partial charge is 0.413 e. The summed E-state index contributed by atoms with van der Waals surface area (Å²) in [5.41, 5.74) is 5.33. The standard InChI is InChI=1S/C9H19N3O3/c1-3-15-9(14)11-8(13)7-12(2)6-4-5-10/h3-7,10H2,1-2H3,(H,11,13,14). The maximum atomic E-state index is 11.2. The summed E-state index contributed by atoms with van der Waals surface area (Å²) in [6.07, 6.45) is 0.123. The van der Waals surface area contributed by atoms with Crippen molar-refractivity contribution in [2.24, 2.45) is 5.73 Å². The third-order valence-corrected chi connectivity index (χ3v) is 1.67. The molecule has 0 bridgehead atoms. The van der Waals surface area contributed by atoms with Crippen LogP contribution in [0.4, 0.5) is 4.79 Å². The lowest BCUT2D eigenvalue weighted by Crippen LogP contribution is -2.39. The lowest BCUT2D eigenvalue weighted by molar-refractivity contribution is -0.121. The minimum Gasteiger partial charge on any atom is -0.450 e. The molecule has 3 N–H and O–H groups in total. The second kappa shape index (κ2) is 8.19. The first-order valence-electron chi connectivity index (χ1n) is 4.95. The average molecular weight is 217 g/mol. The number of carbonyl (C=O) groups excluding carboxylic acids is 2. The highest BCUT2D eigenvalue weighted by Gasteiger charge is 2.10. The van der Waals surface area contributed by atoms with Crippen molar-refractivity contribution < 1.29 is 14.3 Å². The molecule has 6 nitrogen and oxygen atoms in total. The Labute approximate surface area is 89.7 Å². The number of carbonyl (C=O) groups is 2. The first kappa shape index (κ1) is 13.9. The number of rotatable bonds is 6. The average Bonchev–Trinajstić information content (AvgIpc) is 2.14. The summed E-state index contributed by atoms with van der Waals surface area (Å²) < 4.78 is 4.57. The first-order chi connectivity index (χ1) is 7.10. The van der Waals surface area contributed by atoms with Gasteiger partial charge in [0.25, 0.3) is 0 Å². The molecule has 0 aromatic rings. The van der Waals surface area contributed by atoms with E-state index in [0.29, 0.717) is 6.54 Å². The number of ether oxygens (including phenoxy) is 1. The molecule has 0 saturated heterocycles. The third kappa shape index (κ3) is 7.90. The second-order valence-electron chi connectivity index (χ2n) is 3.15. The van der Waals surface area contributed by atoms with Crippen LogP contribution in [-0.4, -0.2) is 50.2 Å². The molecule has 88 valence electrons. The molecule has 0 unspecified atom stereocenters. The van der Waals surface area contributed by atoms with E-state index in [1.165, 1.54) is 0 Å². The Kier molecular flexibility index (Phi) is 7.57. The Morgan fingerprint density at radius 1 is 1.47 bits per heavy atom. The van der Waals surface area contributed by atoms with E-state index < -0.39 is 6.09 Å². The summed E-state index contributed by atoms with van der Waals surface area (Å²) >= 11 is 0. The Bertz CT molecular complexity index is 209. The quantitative estimate of drug-likeness (QED) is 0.629. The van der Waals surface area contributed by atoms with E-state index in [-0.39, 0.29) is 19.1 Å². The van der Waals surface area contributed by atoms with Crippen molar-refractivity contribution in [3.05, 3.63) is 0 Å². The van der Waals surface area contributed by atoms with Crippen molar-refractivity contribution in [1.82, 2.24) is 10.2 Å². The number of amides is 2. The molecule has 0 aliphatic rings. The van der Waals surface area contributed by atoms with Crippen LogP contribution in [0.3, 0.4) is 0 Å². The third-order valence-electron chi connectivity index (χ3n) is 1.67. The topological polar surface area (TPSA) is 84.7 Å². The van der Waals surface area contributed by atoms with Crippen LogP contribution in [0.2, 0.25) is 0 Å². The van der Waals surface area contributed by atoms with Crippen LogP contribution in [0.25, 0.3) is 0 Å². The van der Waals surface area contributed by atoms with Crippen molar-refractivity contribution >= 4 is 12.0 Å². The Morgan fingerprint density at radius 3 is 2.67 bits per heavy atom. The van der Waals surface area contributed by atoms with Gasteiger partial charge in [-0.1, -0.05) is 0 Å². The highest BCUT2D eigenvalue weighted by atomic mass is 16.5. The van der Waals surface area contributed by atoms with Gasteiger partial charge in [0.05, 0.1) is 13.2 Å². The van der Waals surface area contributed by atoms with Crippen molar-refractivity contribution in [2.45, 2.75) is 13.3 Å². The summed E-state index contributed by atoms with van der Waals surface area (Å²) in [7, 11) is 1.79. The molecule has 0 atom stereocenters. The molecule has 0 fully saturated rings. The van der Waals surface area contributed by atoms with Crippen LogP contribution < -0.4 is 11.1 Å². The Balaban J connectivity index is 3.68. The highest BCUT2D eigenvalue weighted by molar-refractivity contribution is 5.92. The minimum atomic E-state index is -0.699. The highest BCUT2D eigenvalue weighted by Crippen LogP contribution is 1.86. The van der Waals surface area contributed by atoms with Gasteiger partial charge in [0.1, 0.15) is 0 Å². The van der Waals surface area contributed by atoms with Gasteiger partial charge in [-0.2, -0.15) is 0 Å². The van der Waals surface area contributed by atoms with Gasteiger partial charge < -0.3 is 10.5 Å². The molecule has 0 rings (SSSR count). The van der Waals surface area contributed by atoms with Gasteiger partial charge in [0, 0.05) is 0 Å². The number of nitrogens with two attached hydrogens (primary N) is 1. The zero-order chi connectivity index (χ0) is 11.7. The molecule has 6 heteroatoms. The number of imide groups is 1. The van der Waals surface area contributed by atoms with Crippen LogP contribution >= 0.6 is 0 Å². The van der Waals surface area contributed by atoms with E-state index in [2.05, 4.69) is 10.1 Å². The fraction of sp³-hybridized carbons (Fsp3) is 0.778. The molecule has 0 aromatic heterocycles. The zero-order valence-electron chi connectivity index (χ0n) is 9.28. The molecule has 0 aromatic carbocycles. The first-order valence-corrected chi connectivity index (χ1v) is 4.95. The van der Waals surface area contributed by atoms with Gasteiger partial charge in [-0.25, -0.2) is 4.79 Å². The predicted octanol–water partition coefficient (Wildman–Crippen LogP) is -0.460. The molecule has 2 amide bonds. The fourth-order valence-corrected chi connectivity index (χ4v) is 1.01. The van der Waals surface area contributed by atoms with Gasteiger partial charge in [-0.05, 0) is 33.5 Å². The number of nitrogens with one attached hydrogen (secondary N) is 1. The van der Waals surface area contributed by atoms with Crippen LogP contribution in [0.15, 0.2) is 0 Å².